The molecule has 1 aliphatic rings. The summed E-state index contributed by atoms with van der Waals surface area (Å²) < 4.78 is 0. The highest BCUT2D eigenvalue weighted by molar-refractivity contribution is 5.27. The van der Waals surface area contributed by atoms with E-state index in [1.165, 1.54) is 43.5 Å². The zero-order chi connectivity index (χ0) is 12.8. The quantitative estimate of drug-likeness (QED) is 0.885. The average molecular weight is 246 g/mol. The Labute approximate surface area is 111 Å². The third kappa shape index (κ3) is 3.82. The fraction of sp³-hybridized carbons (Fsp3) is 0.625. The Morgan fingerprint density at radius 1 is 1.17 bits per heavy atom. The summed E-state index contributed by atoms with van der Waals surface area (Å²) in [4.78, 5) is 2.61. The van der Waals surface area contributed by atoms with Gasteiger partial charge in [-0.3, -0.25) is 4.90 Å². The Balaban J connectivity index is 1.99. The minimum Gasteiger partial charge on any atom is -0.330 e. The number of rotatable bonds is 4. The number of nitrogens with zero attached hydrogens (tertiary/aromatic N) is 1. The van der Waals surface area contributed by atoms with Crippen LogP contribution in [0.5, 0.6) is 0 Å². The third-order valence-corrected chi connectivity index (χ3v) is 4.04. The predicted octanol–water partition coefficient (Wildman–Crippen LogP) is 2.81. The summed E-state index contributed by atoms with van der Waals surface area (Å²) in [7, 11) is 0. The van der Waals surface area contributed by atoms with Crippen LogP contribution in [0.4, 0.5) is 0 Å². The van der Waals surface area contributed by atoms with Gasteiger partial charge in [0.15, 0.2) is 0 Å². The van der Waals surface area contributed by atoms with Gasteiger partial charge in [0.2, 0.25) is 0 Å². The smallest absolute Gasteiger partial charge is 0.0236 e. The van der Waals surface area contributed by atoms with E-state index in [0.717, 1.165) is 25.4 Å². The maximum absolute atomic E-state index is 5.69. The number of likely N-dealkylation sites (tertiary alicyclic amines) is 1. The highest BCUT2D eigenvalue weighted by atomic mass is 15.1. The number of benzene rings is 1. The van der Waals surface area contributed by atoms with E-state index in [-0.39, 0.29) is 0 Å². The van der Waals surface area contributed by atoms with Crippen LogP contribution >= 0.6 is 0 Å². The van der Waals surface area contributed by atoms with Crippen molar-refractivity contribution in [2.45, 2.75) is 39.2 Å². The molecule has 18 heavy (non-hydrogen) atoms. The molecular weight excluding hydrogens is 220 g/mol. The molecule has 0 aromatic heterocycles. The molecule has 0 saturated carbocycles. The first kappa shape index (κ1) is 13.6. The summed E-state index contributed by atoms with van der Waals surface area (Å²) >= 11 is 0. The monoisotopic (exact) mass is 246 g/mol. The van der Waals surface area contributed by atoms with E-state index >= 15 is 0 Å². The third-order valence-electron chi connectivity index (χ3n) is 4.04. The second-order valence-corrected chi connectivity index (χ2v) is 5.62. The molecule has 1 heterocycles. The molecule has 2 nitrogen and oxygen atoms in total. The normalized spacial score (nSPS) is 21.8. The van der Waals surface area contributed by atoms with Crippen molar-refractivity contribution in [3.63, 3.8) is 0 Å². The minimum absolute atomic E-state index is 0.744. The van der Waals surface area contributed by atoms with Crippen molar-refractivity contribution < 1.29 is 0 Å². The van der Waals surface area contributed by atoms with Crippen LogP contribution in [-0.4, -0.2) is 24.5 Å². The molecule has 0 spiro atoms. The predicted molar refractivity (Wildman–Crippen MR) is 77.5 cm³/mol. The van der Waals surface area contributed by atoms with Crippen LogP contribution in [0.1, 0.15) is 37.3 Å². The lowest BCUT2D eigenvalue weighted by atomic mass is 10.0. The molecule has 0 aliphatic carbocycles. The maximum atomic E-state index is 5.69. The lowest BCUT2D eigenvalue weighted by Gasteiger charge is -2.21. The van der Waals surface area contributed by atoms with E-state index in [0.29, 0.717) is 0 Å². The van der Waals surface area contributed by atoms with E-state index in [2.05, 4.69) is 36.1 Å². The molecule has 1 fully saturated rings. The summed E-state index contributed by atoms with van der Waals surface area (Å²) in [6.45, 7) is 6.72. The second-order valence-electron chi connectivity index (χ2n) is 5.62. The van der Waals surface area contributed by atoms with E-state index in [9.17, 15) is 0 Å². The fourth-order valence-electron chi connectivity index (χ4n) is 2.83. The second kappa shape index (κ2) is 6.91. The molecule has 1 saturated heterocycles. The topological polar surface area (TPSA) is 29.3 Å². The van der Waals surface area contributed by atoms with Gasteiger partial charge in [-0.25, -0.2) is 0 Å². The molecule has 1 aliphatic heterocycles. The van der Waals surface area contributed by atoms with Crippen molar-refractivity contribution in [1.29, 1.82) is 0 Å². The average Bonchev–Trinajstić information content (AvgIpc) is 2.57. The summed E-state index contributed by atoms with van der Waals surface area (Å²) in [6.07, 6.45) is 5.08. The molecule has 100 valence electrons. The molecular formula is C16H26N2. The van der Waals surface area contributed by atoms with Gasteiger partial charge in [0.25, 0.3) is 0 Å². The van der Waals surface area contributed by atoms with Gasteiger partial charge in [0.1, 0.15) is 0 Å². The van der Waals surface area contributed by atoms with E-state index in [1.54, 1.807) is 0 Å². The van der Waals surface area contributed by atoms with Gasteiger partial charge in [-0.2, -0.15) is 0 Å². The first-order chi connectivity index (χ1) is 8.79. The van der Waals surface area contributed by atoms with Crippen molar-refractivity contribution in [3.8, 4) is 0 Å². The van der Waals surface area contributed by atoms with E-state index in [1.807, 2.05) is 0 Å². The lowest BCUT2D eigenvalue weighted by Crippen LogP contribution is -2.25. The largest absolute Gasteiger partial charge is 0.330 e. The van der Waals surface area contributed by atoms with Gasteiger partial charge in [-0.1, -0.05) is 31.2 Å². The van der Waals surface area contributed by atoms with Gasteiger partial charge in [0, 0.05) is 6.54 Å². The first-order valence-electron chi connectivity index (χ1n) is 7.29. The van der Waals surface area contributed by atoms with Crippen LogP contribution in [0.2, 0.25) is 0 Å². The van der Waals surface area contributed by atoms with Crippen LogP contribution in [0, 0.1) is 5.92 Å². The molecule has 2 N–H and O–H groups in total. The van der Waals surface area contributed by atoms with Gasteiger partial charge in [-0.05, 0) is 62.4 Å². The van der Waals surface area contributed by atoms with Gasteiger partial charge in [-0.15, -0.1) is 0 Å². The van der Waals surface area contributed by atoms with Gasteiger partial charge >= 0.3 is 0 Å². The molecule has 1 aromatic carbocycles. The zero-order valence-electron chi connectivity index (χ0n) is 11.6. The van der Waals surface area contributed by atoms with Crippen LogP contribution < -0.4 is 5.73 Å². The Kier molecular flexibility index (Phi) is 5.21. The number of hydrogen-bond acceptors (Lipinski definition) is 2. The molecule has 0 bridgehead atoms. The minimum atomic E-state index is 0.744. The van der Waals surface area contributed by atoms with E-state index in [4.69, 9.17) is 5.73 Å². The van der Waals surface area contributed by atoms with Crippen LogP contribution in [0.15, 0.2) is 24.3 Å². The Hall–Kier alpha value is -0.860. The summed E-state index contributed by atoms with van der Waals surface area (Å²) in [5.74, 6) is 0.897. The summed E-state index contributed by atoms with van der Waals surface area (Å²) in [5.41, 5.74) is 8.59. The summed E-state index contributed by atoms with van der Waals surface area (Å²) in [5, 5.41) is 0. The van der Waals surface area contributed by atoms with Crippen molar-refractivity contribution in [1.82, 2.24) is 4.90 Å². The first-order valence-corrected chi connectivity index (χ1v) is 7.29. The van der Waals surface area contributed by atoms with E-state index < -0.39 is 0 Å². The molecule has 1 unspecified atom stereocenters. The Bertz CT molecular complexity index is 362. The number of hydrogen-bond donors (Lipinski definition) is 1. The van der Waals surface area contributed by atoms with Crippen molar-refractivity contribution in [2.24, 2.45) is 11.7 Å². The highest BCUT2D eigenvalue weighted by Crippen LogP contribution is 2.19. The Morgan fingerprint density at radius 3 is 2.72 bits per heavy atom. The van der Waals surface area contributed by atoms with Crippen LogP contribution in [0.3, 0.4) is 0 Å². The zero-order valence-corrected chi connectivity index (χ0v) is 11.6. The molecule has 1 aromatic rings. The van der Waals surface area contributed by atoms with Gasteiger partial charge in [0.05, 0.1) is 0 Å². The van der Waals surface area contributed by atoms with Crippen molar-refractivity contribution in [3.05, 3.63) is 35.4 Å². The molecule has 2 heteroatoms. The van der Waals surface area contributed by atoms with Crippen molar-refractivity contribution in [2.75, 3.05) is 19.6 Å². The fourth-order valence-corrected chi connectivity index (χ4v) is 2.83. The Morgan fingerprint density at radius 2 is 1.94 bits per heavy atom. The molecule has 1 atom stereocenters. The van der Waals surface area contributed by atoms with Crippen LogP contribution in [0.25, 0.3) is 0 Å². The number of nitrogens with two attached hydrogens (primary N) is 1. The molecule has 2 rings (SSSR count). The highest BCUT2D eigenvalue weighted by Gasteiger charge is 2.14. The van der Waals surface area contributed by atoms with Gasteiger partial charge < -0.3 is 5.73 Å². The molecule has 0 amide bonds. The maximum Gasteiger partial charge on any atom is 0.0236 e. The molecule has 0 radical (unpaired) electrons. The lowest BCUT2D eigenvalue weighted by molar-refractivity contribution is 0.273. The van der Waals surface area contributed by atoms with Crippen LogP contribution in [-0.2, 0) is 13.0 Å². The SMILES string of the molecule is CC1CCCN(Cc2ccccc2CCN)CC1. The summed E-state index contributed by atoms with van der Waals surface area (Å²) in [6, 6.07) is 8.76. The standard InChI is InChI=1S/C16H26N2/c1-14-5-4-11-18(12-9-14)13-16-7-3-2-6-15(16)8-10-17/h2-3,6-7,14H,4-5,8-13,17H2,1H3. The van der Waals surface area contributed by atoms with Crippen molar-refractivity contribution >= 4 is 0 Å².